The zero-order valence-corrected chi connectivity index (χ0v) is 15.5. The van der Waals surface area contributed by atoms with E-state index in [2.05, 4.69) is 15.4 Å². The minimum absolute atomic E-state index is 0.302. The number of nitrogens with zero attached hydrogens (tertiary/aromatic N) is 1. The summed E-state index contributed by atoms with van der Waals surface area (Å²) in [6, 6.07) is 0. The van der Waals surface area contributed by atoms with Crippen LogP contribution in [0, 0.1) is 5.41 Å². The highest BCUT2D eigenvalue weighted by Gasteiger charge is 2.36. The van der Waals surface area contributed by atoms with E-state index in [1.807, 2.05) is 6.92 Å². The number of aliphatic imine (C=N–C) groups is 1. The Balaban J connectivity index is 2.37. The number of ether oxygens (including phenoxy) is 1. The maximum absolute atomic E-state index is 11.0. The average Bonchev–Trinajstić information content (AvgIpc) is 2.44. The molecule has 1 aliphatic rings. The third-order valence-corrected chi connectivity index (χ3v) is 4.91. The molecule has 0 unspecified atom stereocenters. The molecule has 136 valence electrons. The Morgan fingerprint density at radius 1 is 1.26 bits per heavy atom. The van der Waals surface area contributed by atoms with Crippen molar-refractivity contribution in [3.8, 4) is 0 Å². The fraction of sp³-hybridized carbons (Fsp3) is 0.933. The van der Waals surface area contributed by atoms with E-state index in [0.29, 0.717) is 24.9 Å². The number of rotatable bonds is 11. The predicted octanol–water partition coefficient (Wildman–Crippen LogP) is 0.688. The SMILES string of the molecule is CCNC(=NCC1(CCOC)CCC1)NCCCNS(C)(=O)=O. The molecule has 0 heterocycles. The monoisotopic (exact) mass is 348 g/mol. The van der Waals surface area contributed by atoms with E-state index in [1.165, 1.54) is 25.5 Å². The lowest BCUT2D eigenvalue weighted by Crippen LogP contribution is -2.41. The lowest BCUT2D eigenvalue weighted by atomic mass is 9.67. The number of nitrogens with one attached hydrogen (secondary N) is 3. The van der Waals surface area contributed by atoms with Crippen LogP contribution < -0.4 is 15.4 Å². The number of hydrogen-bond donors (Lipinski definition) is 3. The molecule has 0 aromatic carbocycles. The molecule has 0 bridgehead atoms. The fourth-order valence-electron chi connectivity index (χ4n) is 2.62. The first-order valence-electron chi connectivity index (χ1n) is 8.36. The average molecular weight is 349 g/mol. The van der Waals surface area contributed by atoms with E-state index in [9.17, 15) is 8.42 Å². The minimum atomic E-state index is -3.10. The van der Waals surface area contributed by atoms with Crippen molar-refractivity contribution >= 4 is 16.0 Å². The molecule has 0 aromatic rings. The van der Waals surface area contributed by atoms with Gasteiger partial charge < -0.3 is 15.4 Å². The molecule has 0 amide bonds. The molecule has 23 heavy (non-hydrogen) atoms. The molecule has 1 fully saturated rings. The molecule has 0 saturated heterocycles. The molecular weight excluding hydrogens is 316 g/mol. The summed E-state index contributed by atoms with van der Waals surface area (Å²) in [4.78, 5) is 4.71. The van der Waals surface area contributed by atoms with Crippen molar-refractivity contribution in [3.05, 3.63) is 0 Å². The standard InChI is InChI=1S/C15H32N4O3S/c1-4-16-14(17-10-6-11-19-23(3,20)21)18-13-15(7-5-8-15)9-12-22-2/h19H,4-13H2,1-3H3,(H2,16,17,18). The van der Waals surface area contributed by atoms with E-state index in [1.54, 1.807) is 7.11 Å². The smallest absolute Gasteiger partial charge is 0.208 e. The van der Waals surface area contributed by atoms with Gasteiger partial charge in [-0.1, -0.05) is 6.42 Å². The van der Waals surface area contributed by atoms with Gasteiger partial charge in [0, 0.05) is 39.9 Å². The molecule has 1 aliphatic carbocycles. The lowest BCUT2D eigenvalue weighted by molar-refractivity contribution is 0.0778. The van der Waals surface area contributed by atoms with Gasteiger partial charge in [-0.05, 0) is 38.0 Å². The lowest BCUT2D eigenvalue weighted by Gasteiger charge is -2.40. The second-order valence-electron chi connectivity index (χ2n) is 6.24. The van der Waals surface area contributed by atoms with Crippen LogP contribution in [0.25, 0.3) is 0 Å². The highest BCUT2D eigenvalue weighted by Crippen LogP contribution is 2.44. The largest absolute Gasteiger partial charge is 0.385 e. The van der Waals surface area contributed by atoms with E-state index >= 15 is 0 Å². The maximum atomic E-state index is 11.0. The van der Waals surface area contributed by atoms with Gasteiger partial charge in [0.2, 0.25) is 10.0 Å². The summed E-state index contributed by atoms with van der Waals surface area (Å²) in [5.41, 5.74) is 0.302. The van der Waals surface area contributed by atoms with Gasteiger partial charge in [-0.15, -0.1) is 0 Å². The van der Waals surface area contributed by atoms with Crippen LogP contribution >= 0.6 is 0 Å². The Kier molecular flexibility index (Phi) is 8.86. The molecule has 0 spiro atoms. The van der Waals surface area contributed by atoms with Gasteiger partial charge >= 0.3 is 0 Å². The van der Waals surface area contributed by atoms with Crippen molar-refractivity contribution in [1.29, 1.82) is 0 Å². The Bertz CT molecular complexity index is 461. The quantitative estimate of drug-likeness (QED) is 0.290. The molecule has 1 rings (SSSR count). The van der Waals surface area contributed by atoms with Crippen LogP contribution in [0.15, 0.2) is 4.99 Å². The van der Waals surface area contributed by atoms with Gasteiger partial charge in [-0.3, -0.25) is 4.99 Å². The van der Waals surface area contributed by atoms with Crippen LogP contribution in [-0.2, 0) is 14.8 Å². The zero-order chi connectivity index (χ0) is 17.2. The molecule has 0 radical (unpaired) electrons. The second kappa shape index (κ2) is 10.1. The fourth-order valence-corrected chi connectivity index (χ4v) is 3.14. The molecule has 7 nitrogen and oxygen atoms in total. The van der Waals surface area contributed by atoms with Crippen LogP contribution in [0.1, 0.15) is 39.0 Å². The Hall–Kier alpha value is -0.860. The molecule has 0 aliphatic heterocycles. The molecule has 1 saturated carbocycles. The number of hydrogen-bond acceptors (Lipinski definition) is 4. The Morgan fingerprint density at radius 2 is 2.00 bits per heavy atom. The first-order valence-corrected chi connectivity index (χ1v) is 10.3. The van der Waals surface area contributed by atoms with Gasteiger partial charge in [0.1, 0.15) is 0 Å². The summed E-state index contributed by atoms with van der Waals surface area (Å²) in [6.07, 6.45) is 6.66. The maximum Gasteiger partial charge on any atom is 0.208 e. The van der Waals surface area contributed by atoms with Crippen LogP contribution in [0.4, 0.5) is 0 Å². The van der Waals surface area contributed by atoms with Crippen molar-refractivity contribution < 1.29 is 13.2 Å². The van der Waals surface area contributed by atoms with E-state index in [-0.39, 0.29) is 0 Å². The van der Waals surface area contributed by atoms with E-state index < -0.39 is 10.0 Å². The highest BCUT2D eigenvalue weighted by molar-refractivity contribution is 7.88. The van der Waals surface area contributed by atoms with Crippen LogP contribution in [-0.4, -0.2) is 60.5 Å². The van der Waals surface area contributed by atoms with Gasteiger partial charge in [0.05, 0.1) is 6.26 Å². The summed E-state index contributed by atoms with van der Waals surface area (Å²) in [5, 5.41) is 6.49. The van der Waals surface area contributed by atoms with Crippen LogP contribution in [0.2, 0.25) is 0 Å². The van der Waals surface area contributed by atoms with Crippen LogP contribution in [0.5, 0.6) is 0 Å². The van der Waals surface area contributed by atoms with Gasteiger partial charge in [-0.2, -0.15) is 0 Å². The van der Waals surface area contributed by atoms with Gasteiger partial charge in [0.25, 0.3) is 0 Å². The summed E-state index contributed by atoms with van der Waals surface area (Å²) in [5.74, 6) is 0.801. The second-order valence-corrected chi connectivity index (χ2v) is 8.07. The van der Waals surface area contributed by atoms with Crippen molar-refractivity contribution in [2.24, 2.45) is 10.4 Å². The first kappa shape index (κ1) is 20.2. The van der Waals surface area contributed by atoms with E-state index in [4.69, 9.17) is 9.73 Å². The first-order chi connectivity index (χ1) is 10.9. The van der Waals surface area contributed by atoms with Crippen LogP contribution in [0.3, 0.4) is 0 Å². The van der Waals surface area contributed by atoms with Gasteiger partial charge in [0.15, 0.2) is 5.96 Å². The molecule has 0 aromatic heterocycles. The van der Waals surface area contributed by atoms with Crippen molar-refractivity contribution in [1.82, 2.24) is 15.4 Å². The van der Waals surface area contributed by atoms with Crippen molar-refractivity contribution in [2.45, 2.75) is 39.0 Å². The number of sulfonamides is 1. The predicted molar refractivity (Wildman–Crippen MR) is 94.2 cm³/mol. The molecule has 3 N–H and O–H groups in total. The molecular formula is C15H32N4O3S. The summed E-state index contributed by atoms with van der Waals surface area (Å²) >= 11 is 0. The normalized spacial score (nSPS) is 17.6. The number of methoxy groups -OCH3 is 1. The summed E-state index contributed by atoms with van der Waals surface area (Å²) in [7, 11) is -1.36. The number of guanidine groups is 1. The minimum Gasteiger partial charge on any atom is -0.385 e. The molecule has 0 atom stereocenters. The van der Waals surface area contributed by atoms with Crippen molar-refractivity contribution in [3.63, 3.8) is 0 Å². The third kappa shape index (κ3) is 8.53. The van der Waals surface area contributed by atoms with Crippen molar-refractivity contribution in [2.75, 3.05) is 46.2 Å². The Labute approximate surface area is 140 Å². The zero-order valence-electron chi connectivity index (χ0n) is 14.7. The summed E-state index contributed by atoms with van der Waals surface area (Å²) in [6.45, 7) is 5.55. The van der Waals surface area contributed by atoms with E-state index in [0.717, 1.165) is 32.1 Å². The topological polar surface area (TPSA) is 91.8 Å². The van der Waals surface area contributed by atoms with Gasteiger partial charge in [-0.25, -0.2) is 13.1 Å². The summed E-state index contributed by atoms with van der Waals surface area (Å²) < 4.78 is 29.7. The third-order valence-electron chi connectivity index (χ3n) is 4.18. The molecule has 8 heteroatoms. The highest BCUT2D eigenvalue weighted by atomic mass is 32.2. The Morgan fingerprint density at radius 3 is 2.52 bits per heavy atom.